The number of benzene rings is 2. The van der Waals surface area contributed by atoms with Crippen LogP contribution in [0.5, 0.6) is 5.75 Å². The molecule has 3 rings (SSSR count). The molecule has 0 aliphatic heterocycles. The molecule has 1 amide bonds. The largest absolute Gasteiger partial charge is 0.483 e. The molecule has 0 fully saturated rings. The smallest absolute Gasteiger partial charge is 0.244 e. The number of halogens is 3. The Hall–Kier alpha value is -3.55. The number of nitrogens with one attached hydrogen (secondary N) is 1. The Labute approximate surface area is 164 Å². The molecular weight excluding hydrogens is 385 g/mol. The van der Waals surface area contributed by atoms with Crippen molar-refractivity contribution in [2.75, 3.05) is 5.32 Å². The Morgan fingerprint density at radius 2 is 1.72 bits per heavy atom. The van der Waals surface area contributed by atoms with Gasteiger partial charge in [0.2, 0.25) is 11.3 Å². The van der Waals surface area contributed by atoms with Crippen LogP contribution in [0.1, 0.15) is 11.3 Å². The van der Waals surface area contributed by atoms with Crippen LogP contribution in [0.25, 0.3) is 0 Å². The topological polar surface area (TPSA) is 60.3 Å². The van der Waals surface area contributed by atoms with Crippen molar-refractivity contribution in [3.05, 3.63) is 93.7 Å². The first-order chi connectivity index (χ1) is 13.8. The Balaban J connectivity index is 1.71. The number of nitrogens with zero attached hydrogens (tertiary/aromatic N) is 1. The highest BCUT2D eigenvalue weighted by atomic mass is 19.1. The number of hydrogen-bond donors (Lipinski definition) is 1. The van der Waals surface area contributed by atoms with Crippen LogP contribution in [0.15, 0.2) is 59.5 Å². The lowest BCUT2D eigenvalue weighted by molar-refractivity contribution is -0.116. The average molecular weight is 402 g/mol. The van der Waals surface area contributed by atoms with Gasteiger partial charge in [-0.05, 0) is 36.8 Å². The van der Waals surface area contributed by atoms with Crippen molar-refractivity contribution in [3.63, 3.8) is 0 Å². The van der Waals surface area contributed by atoms with E-state index in [-0.39, 0.29) is 35.8 Å². The minimum absolute atomic E-state index is 0.0145. The van der Waals surface area contributed by atoms with E-state index in [1.165, 1.54) is 41.1 Å². The Morgan fingerprint density at radius 3 is 2.41 bits per heavy atom. The Morgan fingerprint density at radius 1 is 1.03 bits per heavy atom. The monoisotopic (exact) mass is 402 g/mol. The molecule has 2 aromatic carbocycles. The van der Waals surface area contributed by atoms with Gasteiger partial charge in [-0.3, -0.25) is 9.59 Å². The number of hydrogen-bond acceptors (Lipinski definition) is 3. The lowest BCUT2D eigenvalue weighted by atomic mass is 10.2. The van der Waals surface area contributed by atoms with Gasteiger partial charge in [0.1, 0.15) is 30.6 Å². The molecular formula is C21H17F3N2O3. The molecule has 1 N–H and O–H groups in total. The highest BCUT2D eigenvalue weighted by Crippen LogP contribution is 2.15. The molecule has 3 aromatic rings. The van der Waals surface area contributed by atoms with Gasteiger partial charge in [0.05, 0.1) is 11.9 Å². The molecule has 0 atom stereocenters. The third-order valence-electron chi connectivity index (χ3n) is 4.14. The predicted molar refractivity (Wildman–Crippen MR) is 101 cm³/mol. The van der Waals surface area contributed by atoms with Gasteiger partial charge in [-0.1, -0.05) is 12.1 Å². The van der Waals surface area contributed by atoms with Gasteiger partial charge in [0, 0.05) is 17.8 Å². The lowest BCUT2D eigenvalue weighted by Crippen LogP contribution is -2.22. The first-order valence-corrected chi connectivity index (χ1v) is 8.65. The van der Waals surface area contributed by atoms with Gasteiger partial charge >= 0.3 is 0 Å². The number of pyridine rings is 1. The van der Waals surface area contributed by atoms with Crippen molar-refractivity contribution in [2.45, 2.75) is 20.1 Å². The SMILES string of the molecule is Cc1cc(=O)c(OCc2ccc(F)cc2)cn1CC(=O)Nc1ccc(F)cc1F. The van der Waals surface area contributed by atoms with E-state index in [0.29, 0.717) is 17.3 Å². The molecule has 0 saturated heterocycles. The number of rotatable bonds is 6. The van der Waals surface area contributed by atoms with E-state index >= 15 is 0 Å². The number of ether oxygens (including phenoxy) is 1. The molecule has 0 aliphatic rings. The second-order valence-corrected chi connectivity index (χ2v) is 6.36. The van der Waals surface area contributed by atoms with Gasteiger partial charge < -0.3 is 14.6 Å². The summed E-state index contributed by atoms with van der Waals surface area (Å²) < 4.78 is 46.6. The van der Waals surface area contributed by atoms with E-state index in [4.69, 9.17) is 4.74 Å². The normalized spacial score (nSPS) is 10.6. The number of carbonyl (C=O) groups excluding carboxylic acids is 1. The fraction of sp³-hybridized carbons (Fsp3) is 0.143. The second-order valence-electron chi connectivity index (χ2n) is 6.36. The Kier molecular flexibility index (Phi) is 6.01. The second kappa shape index (κ2) is 8.64. The maximum Gasteiger partial charge on any atom is 0.244 e. The van der Waals surface area contributed by atoms with Gasteiger partial charge in [0.25, 0.3) is 0 Å². The van der Waals surface area contributed by atoms with E-state index in [9.17, 15) is 22.8 Å². The van der Waals surface area contributed by atoms with E-state index in [2.05, 4.69) is 5.32 Å². The standard InChI is InChI=1S/C21H17F3N2O3/c1-13-8-19(27)20(29-12-14-2-4-15(22)5-3-14)10-26(13)11-21(28)25-18-7-6-16(23)9-17(18)24/h2-10H,11-12H2,1H3,(H,25,28). The number of carbonyl (C=O) groups is 1. The molecule has 5 nitrogen and oxygen atoms in total. The molecule has 1 aromatic heterocycles. The summed E-state index contributed by atoms with van der Waals surface area (Å²) in [7, 11) is 0. The molecule has 1 heterocycles. The van der Waals surface area contributed by atoms with Crippen molar-refractivity contribution in [3.8, 4) is 5.75 Å². The van der Waals surface area contributed by atoms with Gasteiger partial charge in [-0.2, -0.15) is 0 Å². The fourth-order valence-electron chi connectivity index (χ4n) is 2.61. The fourth-order valence-corrected chi connectivity index (χ4v) is 2.61. The third kappa shape index (κ3) is 5.25. The van der Waals surface area contributed by atoms with Crippen LogP contribution in [0.4, 0.5) is 18.9 Å². The van der Waals surface area contributed by atoms with E-state index in [1.54, 1.807) is 6.92 Å². The minimum Gasteiger partial charge on any atom is -0.483 e. The summed E-state index contributed by atoms with van der Waals surface area (Å²) >= 11 is 0. The zero-order valence-electron chi connectivity index (χ0n) is 15.4. The molecule has 0 aliphatic carbocycles. The van der Waals surface area contributed by atoms with Crippen LogP contribution in [0.3, 0.4) is 0 Å². The predicted octanol–water partition coefficient (Wildman–Crippen LogP) is 3.79. The van der Waals surface area contributed by atoms with Crippen molar-refractivity contribution >= 4 is 11.6 Å². The van der Waals surface area contributed by atoms with Crippen molar-refractivity contribution in [2.24, 2.45) is 0 Å². The first-order valence-electron chi connectivity index (χ1n) is 8.65. The third-order valence-corrected chi connectivity index (χ3v) is 4.14. The lowest BCUT2D eigenvalue weighted by Gasteiger charge is -2.14. The molecule has 0 bridgehead atoms. The van der Waals surface area contributed by atoms with E-state index < -0.39 is 17.5 Å². The van der Waals surface area contributed by atoms with Crippen molar-refractivity contribution in [1.29, 1.82) is 0 Å². The zero-order valence-corrected chi connectivity index (χ0v) is 15.4. The quantitative estimate of drug-likeness (QED) is 0.683. The summed E-state index contributed by atoms with van der Waals surface area (Å²) in [5.41, 5.74) is 0.648. The van der Waals surface area contributed by atoms with Gasteiger partial charge in [-0.25, -0.2) is 13.2 Å². The molecule has 0 unspecified atom stereocenters. The van der Waals surface area contributed by atoms with Crippen LogP contribution >= 0.6 is 0 Å². The molecule has 0 spiro atoms. The Bertz CT molecular complexity index is 1100. The summed E-state index contributed by atoms with van der Waals surface area (Å²) in [4.78, 5) is 24.4. The van der Waals surface area contributed by atoms with Crippen LogP contribution in [0, 0.1) is 24.4 Å². The molecule has 0 radical (unpaired) electrons. The summed E-state index contributed by atoms with van der Waals surface area (Å²) in [5.74, 6) is -2.57. The summed E-state index contributed by atoms with van der Waals surface area (Å²) in [6.45, 7) is 1.47. The van der Waals surface area contributed by atoms with Crippen molar-refractivity contribution in [1.82, 2.24) is 4.57 Å². The summed E-state index contributed by atoms with van der Waals surface area (Å²) in [6, 6.07) is 9.77. The van der Waals surface area contributed by atoms with Crippen LogP contribution in [-0.2, 0) is 17.9 Å². The highest BCUT2D eigenvalue weighted by Gasteiger charge is 2.12. The number of amides is 1. The summed E-state index contributed by atoms with van der Waals surface area (Å²) in [6.07, 6.45) is 1.38. The minimum atomic E-state index is -0.890. The highest BCUT2D eigenvalue weighted by molar-refractivity contribution is 5.90. The van der Waals surface area contributed by atoms with Crippen LogP contribution in [-0.4, -0.2) is 10.5 Å². The zero-order chi connectivity index (χ0) is 21.0. The van der Waals surface area contributed by atoms with Gasteiger partial charge in [-0.15, -0.1) is 0 Å². The van der Waals surface area contributed by atoms with Gasteiger partial charge in [0.15, 0.2) is 5.75 Å². The molecule has 8 heteroatoms. The molecule has 150 valence electrons. The first kappa shape index (κ1) is 20.2. The van der Waals surface area contributed by atoms with Crippen LogP contribution < -0.4 is 15.5 Å². The maximum atomic E-state index is 13.7. The number of aryl methyl sites for hydroxylation is 1. The van der Waals surface area contributed by atoms with Crippen LogP contribution in [0.2, 0.25) is 0 Å². The van der Waals surface area contributed by atoms with E-state index in [0.717, 1.165) is 12.1 Å². The molecule has 0 saturated carbocycles. The average Bonchev–Trinajstić information content (AvgIpc) is 2.66. The van der Waals surface area contributed by atoms with Crippen molar-refractivity contribution < 1.29 is 22.7 Å². The maximum absolute atomic E-state index is 13.7. The molecule has 29 heavy (non-hydrogen) atoms. The summed E-state index contributed by atoms with van der Waals surface area (Å²) in [5, 5.41) is 2.35. The van der Waals surface area contributed by atoms with E-state index in [1.807, 2.05) is 0 Å². The number of aromatic nitrogens is 1. The number of anilines is 1.